The monoisotopic (exact) mass is 222 g/mol. The van der Waals surface area contributed by atoms with Crippen molar-refractivity contribution < 1.29 is 0 Å². The lowest BCUT2D eigenvalue weighted by Crippen LogP contribution is -2.53. The van der Waals surface area contributed by atoms with E-state index in [0.29, 0.717) is 0 Å². The number of terminal acetylenes is 1. The molecule has 0 spiro atoms. The normalized spacial score (nSPS) is 30.3. The van der Waals surface area contributed by atoms with Crippen LogP contribution in [0.25, 0.3) is 0 Å². The van der Waals surface area contributed by atoms with Crippen LogP contribution in [0.2, 0.25) is 0 Å². The lowest BCUT2D eigenvalue weighted by Gasteiger charge is -2.41. The quantitative estimate of drug-likeness (QED) is 0.552. The van der Waals surface area contributed by atoms with Crippen molar-refractivity contribution in [2.45, 2.75) is 51.5 Å². The van der Waals surface area contributed by atoms with Crippen LogP contribution in [0, 0.1) is 24.2 Å². The minimum atomic E-state index is 0.169. The number of nitrogens with one attached hydrogen (secondary N) is 1. The van der Waals surface area contributed by atoms with Crippen LogP contribution >= 0.6 is 0 Å². The Morgan fingerprint density at radius 2 is 2.06 bits per heavy atom. The largest absolute Gasteiger partial charge is 0.329 e. The molecular formula is C14H26N2. The SMILES string of the molecule is C#CCCNC1(CN)CCC(C(C)C)CC1. The van der Waals surface area contributed by atoms with Gasteiger partial charge in [0.1, 0.15) is 0 Å². The molecule has 2 heteroatoms. The van der Waals surface area contributed by atoms with E-state index < -0.39 is 0 Å². The fourth-order valence-electron chi connectivity index (χ4n) is 2.71. The topological polar surface area (TPSA) is 38.0 Å². The van der Waals surface area contributed by atoms with Gasteiger partial charge in [0.25, 0.3) is 0 Å². The van der Waals surface area contributed by atoms with Crippen molar-refractivity contribution in [3.05, 3.63) is 0 Å². The summed E-state index contributed by atoms with van der Waals surface area (Å²) in [5.74, 6) is 4.36. The predicted molar refractivity (Wildman–Crippen MR) is 70.0 cm³/mol. The molecule has 0 atom stereocenters. The summed E-state index contributed by atoms with van der Waals surface area (Å²) in [6.07, 6.45) is 11.1. The molecule has 0 amide bonds. The van der Waals surface area contributed by atoms with Crippen LogP contribution in [0.5, 0.6) is 0 Å². The maximum atomic E-state index is 5.93. The highest BCUT2D eigenvalue weighted by Gasteiger charge is 2.34. The maximum Gasteiger partial charge on any atom is 0.0304 e. The van der Waals surface area contributed by atoms with Crippen LogP contribution in [0.4, 0.5) is 0 Å². The van der Waals surface area contributed by atoms with Gasteiger partial charge in [-0.25, -0.2) is 0 Å². The number of hydrogen-bond acceptors (Lipinski definition) is 2. The van der Waals surface area contributed by atoms with Gasteiger partial charge in [0.05, 0.1) is 0 Å². The Bertz CT molecular complexity index is 232. The van der Waals surface area contributed by atoms with Gasteiger partial charge in [-0.3, -0.25) is 0 Å². The summed E-state index contributed by atoms with van der Waals surface area (Å²) in [5, 5.41) is 3.58. The Hall–Kier alpha value is -0.520. The molecule has 1 aliphatic carbocycles. The summed E-state index contributed by atoms with van der Waals surface area (Å²) in [6, 6.07) is 0. The third kappa shape index (κ3) is 3.50. The fraction of sp³-hybridized carbons (Fsp3) is 0.857. The van der Waals surface area contributed by atoms with Crippen molar-refractivity contribution in [2.24, 2.45) is 17.6 Å². The van der Waals surface area contributed by atoms with Crippen LogP contribution in [0.3, 0.4) is 0 Å². The van der Waals surface area contributed by atoms with Crippen molar-refractivity contribution in [1.82, 2.24) is 5.32 Å². The average molecular weight is 222 g/mol. The van der Waals surface area contributed by atoms with E-state index in [2.05, 4.69) is 25.1 Å². The molecule has 0 heterocycles. The van der Waals surface area contributed by atoms with Gasteiger partial charge in [0.15, 0.2) is 0 Å². The van der Waals surface area contributed by atoms with E-state index in [4.69, 9.17) is 12.2 Å². The zero-order valence-electron chi connectivity index (χ0n) is 10.8. The first-order valence-electron chi connectivity index (χ1n) is 6.52. The molecule has 1 rings (SSSR count). The highest BCUT2D eigenvalue weighted by Crippen LogP contribution is 2.35. The van der Waals surface area contributed by atoms with Gasteiger partial charge >= 0.3 is 0 Å². The maximum absolute atomic E-state index is 5.93. The molecule has 1 saturated carbocycles. The van der Waals surface area contributed by atoms with Crippen LogP contribution in [0.1, 0.15) is 46.0 Å². The zero-order chi connectivity index (χ0) is 12.0. The van der Waals surface area contributed by atoms with Crippen LogP contribution in [-0.2, 0) is 0 Å². The molecule has 1 fully saturated rings. The summed E-state index contributed by atoms with van der Waals surface area (Å²) in [4.78, 5) is 0. The van der Waals surface area contributed by atoms with E-state index in [-0.39, 0.29) is 5.54 Å². The van der Waals surface area contributed by atoms with Crippen LogP contribution in [0.15, 0.2) is 0 Å². The van der Waals surface area contributed by atoms with E-state index >= 15 is 0 Å². The molecule has 16 heavy (non-hydrogen) atoms. The average Bonchev–Trinajstić information content (AvgIpc) is 2.30. The third-order valence-electron chi connectivity index (χ3n) is 4.09. The summed E-state index contributed by atoms with van der Waals surface area (Å²) in [6.45, 7) is 6.29. The van der Waals surface area contributed by atoms with Crippen molar-refractivity contribution in [3.8, 4) is 12.3 Å². The second kappa shape index (κ2) is 6.27. The smallest absolute Gasteiger partial charge is 0.0304 e. The molecule has 1 aliphatic rings. The van der Waals surface area contributed by atoms with Gasteiger partial charge in [0, 0.05) is 25.0 Å². The summed E-state index contributed by atoms with van der Waals surface area (Å²) >= 11 is 0. The second-order valence-electron chi connectivity index (χ2n) is 5.45. The number of rotatable bonds is 5. The number of hydrogen-bond donors (Lipinski definition) is 2. The van der Waals surface area contributed by atoms with Crippen molar-refractivity contribution in [1.29, 1.82) is 0 Å². The zero-order valence-corrected chi connectivity index (χ0v) is 10.8. The van der Waals surface area contributed by atoms with Gasteiger partial charge in [-0.15, -0.1) is 12.3 Å². The lowest BCUT2D eigenvalue weighted by molar-refractivity contribution is 0.167. The van der Waals surface area contributed by atoms with Crippen molar-refractivity contribution in [2.75, 3.05) is 13.1 Å². The summed E-state index contributed by atoms with van der Waals surface area (Å²) in [7, 11) is 0. The van der Waals surface area contributed by atoms with E-state index in [0.717, 1.165) is 31.3 Å². The van der Waals surface area contributed by atoms with Gasteiger partial charge in [-0.1, -0.05) is 13.8 Å². The van der Waals surface area contributed by atoms with Crippen LogP contribution in [-0.4, -0.2) is 18.6 Å². The standard InChI is InChI=1S/C14H26N2/c1-4-5-10-16-14(11-15)8-6-13(7-9-14)12(2)3/h1,12-13,16H,5-11,15H2,2-3H3. The minimum absolute atomic E-state index is 0.169. The molecule has 92 valence electrons. The highest BCUT2D eigenvalue weighted by molar-refractivity contribution is 4.95. The van der Waals surface area contributed by atoms with E-state index in [1.807, 2.05) is 0 Å². The molecule has 0 aromatic rings. The van der Waals surface area contributed by atoms with Crippen molar-refractivity contribution in [3.63, 3.8) is 0 Å². The highest BCUT2D eigenvalue weighted by atomic mass is 15.0. The minimum Gasteiger partial charge on any atom is -0.329 e. The first-order valence-corrected chi connectivity index (χ1v) is 6.52. The van der Waals surface area contributed by atoms with E-state index in [1.54, 1.807) is 0 Å². The molecule has 0 bridgehead atoms. The fourth-order valence-corrected chi connectivity index (χ4v) is 2.71. The molecule has 0 radical (unpaired) electrons. The molecule has 3 N–H and O–H groups in total. The Labute approximate surface area is 100 Å². The molecule has 0 unspecified atom stereocenters. The molecule has 0 aromatic carbocycles. The molecule has 0 saturated heterocycles. The third-order valence-corrected chi connectivity index (χ3v) is 4.09. The number of nitrogens with two attached hydrogens (primary N) is 1. The van der Waals surface area contributed by atoms with Gasteiger partial charge in [-0.05, 0) is 37.5 Å². The lowest BCUT2D eigenvalue weighted by atomic mass is 9.73. The first kappa shape index (κ1) is 13.5. The summed E-state index contributed by atoms with van der Waals surface area (Å²) in [5.41, 5.74) is 6.10. The molecular weight excluding hydrogens is 196 g/mol. The molecule has 2 nitrogen and oxygen atoms in total. The summed E-state index contributed by atoms with van der Waals surface area (Å²) < 4.78 is 0. The Kier molecular flexibility index (Phi) is 5.31. The van der Waals surface area contributed by atoms with Crippen LogP contribution < -0.4 is 11.1 Å². The Morgan fingerprint density at radius 1 is 1.44 bits per heavy atom. The predicted octanol–water partition coefficient (Wildman–Crippen LogP) is 2.14. The molecule has 0 aromatic heterocycles. The Balaban J connectivity index is 2.42. The van der Waals surface area contributed by atoms with E-state index in [9.17, 15) is 0 Å². The van der Waals surface area contributed by atoms with Crippen molar-refractivity contribution >= 4 is 0 Å². The van der Waals surface area contributed by atoms with Gasteiger partial charge < -0.3 is 11.1 Å². The van der Waals surface area contributed by atoms with Gasteiger partial charge in [0.2, 0.25) is 0 Å². The second-order valence-corrected chi connectivity index (χ2v) is 5.45. The first-order chi connectivity index (χ1) is 7.63. The Morgan fingerprint density at radius 3 is 2.50 bits per heavy atom. The van der Waals surface area contributed by atoms with Gasteiger partial charge in [-0.2, -0.15) is 0 Å². The van der Waals surface area contributed by atoms with E-state index in [1.165, 1.54) is 25.7 Å². The molecule has 0 aliphatic heterocycles.